The van der Waals surface area contributed by atoms with Gasteiger partial charge in [-0.15, -0.1) is 0 Å². The molecule has 0 aliphatic heterocycles. The number of imidazole rings is 1. The Morgan fingerprint density at radius 3 is 2.53 bits per heavy atom. The molecule has 3 aromatic rings. The third-order valence-corrected chi connectivity index (χ3v) is 7.02. The lowest BCUT2D eigenvalue weighted by Crippen LogP contribution is -2.43. The van der Waals surface area contributed by atoms with Crippen LogP contribution in [-0.2, 0) is 11.2 Å². The molecule has 7 heteroatoms. The van der Waals surface area contributed by atoms with Gasteiger partial charge in [0.15, 0.2) is 0 Å². The van der Waals surface area contributed by atoms with Gasteiger partial charge in [-0.25, -0.2) is 10.5 Å². The molecule has 0 spiro atoms. The molecular formula is C25H28N4O3. The Labute approximate surface area is 186 Å². The summed E-state index contributed by atoms with van der Waals surface area (Å²) in [7, 11) is 0. The molecule has 2 aromatic heterocycles. The lowest BCUT2D eigenvalue weighted by molar-refractivity contribution is -0.133. The Morgan fingerprint density at radius 1 is 1.03 bits per heavy atom. The quantitative estimate of drug-likeness (QED) is 0.410. The number of fused-ring (bicyclic) bond motifs is 1. The first-order valence-electron chi connectivity index (χ1n) is 11.4. The van der Waals surface area contributed by atoms with E-state index in [1.165, 1.54) is 30.7 Å². The number of hydrogen-bond donors (Lipinski definition) is 3. The zero-order chi connectivity index (χ0) is 22.1. The summed E-state index contributed by atoms with van der Waals surface area (Å²) >= 11 is 0. The fourth-order valence-corrected chi connectivity index (χ4v) is 5.00. The lowest BCUT2D eigenvalue weighted by atomic mass is 9.81. The van der Waals surface area contributed by atoms with Crippen LogP contribution in [0.1, 0.15) is 71.8 Å². The molecule has 0 bridgehead atoms. The average Bonchev–Trinajstić information content (AvgIpc) is 3.37. The Bertz CT molecular complexity index is 1130. The van der Waals surface area contributed by atoms with Crippen LogP contribution in [0.25, 0.3) is 5.65 Å². The molecule has 1 aromatic carbocycles. The van der Waals surface area contributed by atoms with E-state index in [0.717, 1.165) is 30.5 Å². The van der Waals surface area contributed by atoms with Crippen molar-refractivity contribution in [3.8, 4) is 0 Å². The normalized spacial score (nSPS) is 20.8. The Kier molecular flexibility index (Phi) is 5.66. The number of amides is 2. The van der Waals surface area contributed by atoms with Crippen molar-refractivity contribution in [2.24, 2.45) is 5.92 Å². The number of carbonyl (C=O) groups excluding carboxylic acids is 2. The van der Waals surface area contributed by atoms with Gasteiger partial charge < -0.3 is 9.72 Å². The smallest absolute Gasteiger partial charge is 0.251 e. The highest BCUT2D eigenvalue weighted by Gasteiger charge is 2.34. The summed E-state index contributed by atoms with van der Waals surface area (Å²) in [6, 6.07) is 13.5. The zero-order valence-corrected chi connectivity index (χ0v) is 18.0. The fourth-order valence-electron chi connectivity index (χ4n) is 5.00. The number of aromatic nitrogens is 2. The van der Waals surface area contributed by atoms with Crippen LogP contribution < -0.4 is 10.8 Å². The second-order valence-corrected chi connectivity index (χ2v) is 8.97. The van der Waals surface area contributed by atoms with Gasteiger partial charge in [-0.2, -0.15) is 0 Å². The second kappa shape index (κ2) is 8.74. The van der Waals surface area contributed by atoms with Crippen LogP contribution in [0.5, 0.6) is 0 Å². The third kappa shape index (κ3) is 3.88. The number of nitrogens with one attached hydrogen (secondary N) is 2. The van der Waals surface area contributed by atoms with Gasteiger partial charge in [0.1, 0.15) is 5.65 Å². The van der Waals surface area contributed by atoms with Crippen LogP contribution in [-0.4, -0.2) is 32.4 Å². The van der Waals surface area contributed by atoms with Crippen molar-refractivity contribution in [2.45, 2.75) is 56.9 Å². The number of rotatable bonds is 6. The highest BCUT2D eigenvalue weighted by atomic mass is 16.5. The van der Waals surface area contributed by atoms with E-state index in [4.69, 9.17) is 10.2 Å². The van der Waals surface area contributed by atoms with Gasteiger partial charge in [-0.1, -0.05) is 31.0 Å². The van der Waals surface area contributed by atoms with Crippen LogP contribution in [0, 0.1) is 5.92 Å². The zero-order valence-electron chi connectivity index (χ0n) is 18.0. The number of pyridine rings is 1. The molecule has 2 heterocycles. The number of hydrogen-bond acceptors (Lipinski definition) is 4. The number of carbonyl (C=O) groups is 2. The van der Waals surface area contributed by atoms with E-state index < -0.39 is 5.91 Å². The predicted octanol–water partition coefficient (Wildman–Crippen LogP) is 3.60. The fraction of sp³-hybridized carbons (Fsp3) is 0.400. The van der Waals surface area contributed by atoms with Crippen LogP contribution in [0.4, 0.5) is 0 Å². The standard InChI is InChI=1S/C25H28N4O3/c30-24(26-20-8-4-7-19(20)25(31)28-32)18-12-10-16(11-13-18)15-21-23(17-5-3-6-17)27-22-9-1-2-14-29(21)22/h1-2,9-14,17,19-20,32H,3-8,15H2,(H,26,30)(H,28,31)/t19-,20+/m0/s1. The maximum atomic E-state index is 12.7. The molecule has 2 amide bonds. The van der Waals surface area contributed by atoms with Gasteiger partial charge >= 0.3 is 0 Å². The Hall–Kier alpha value is -3.19. The molecule has 166 valence electrons. The summed E-state index contributed by atoms with van der Waals surface area (Å²) < 4.78 is 2.18. The van der Waals surface area contributed by atoms with Crippen molar-refractivity contribution in [1.29, 1.82) is 0 Å². The SMILES string of the molecule is O=C(N[C@@H]1CCC[C@@H]1C(=O)NO)c1ccc(Cc2c(C3CCC3)nc3ccccn23)cc1. The Balaban J connectivity index is 1.31. The van der Waals surface area contributed by atoms with Crippen molar-refractivity contribution < 1.29 is 14.8 Å². The van der Waals surface area contributed by atoms with Gasteiger partial charge in [0, 0.05) is 30.1 Å². The highest BCUT2D eigenvalue weighted by Crippen LogP contribution is 2.38. The molecule has 5 rings (SSSR count). The average molecular weight is 433 g/mol. The summed E-state index contributed by atoms with van der Waals surface area (Å²) in [6.45, 7) is 0. The third-order valence-electron chi connectivity index (χ3n) is 7.02. The maximum Gasteiger partial charge on any atom is 0.251 e. The predicted molar refractivity (Wildman–Crippen MR) is 120 cm³/mol. The van der Waals surface area contributed by atoms with E-state index in [2.05, 4.69) is 15.9 Å². The summed E-state index contributed by atoms with van der Waals surface area (Å²) in [4.78, 5) is 29.5. The van der Waals surface area contributed by atoms with Crippen LogP contribution in [0.15, 0.2) is 48.7 Å². The van der Waals surface area contributed by atoms with Crippen LogP contribution >= 0.6 is 0 Å². The van der Waals surface area contributed by atoms with E-state index in [-0.39, 0.29) is 17.9 Å². The summed E-state index contributed by atoms with van der Waals surface area (Å²) in [5.74, 6) is -0.462. The first-order chi connectivity index (χ1) is 15.6. The van der Waals surface area contributed by atoms with Crippen LogP contribution in [0.3, 0.4) is 0 Å². The first kappa shape index (κ1) is 20.7. The van der Waals surface area contributed by atoms with Crippen molar-refractivity contribution in [2.75, 3.05) is 0 Å². The molecule has 3 N–H and O–H groups in total. The van der Waals surface area contributed by atoms with Crippen molar-refractivity contribution in [3.05, 3.63) is 71.2 Å². The van der Waals surface area contributed by atoms with Crippen molar-refractivity contribution >= 4 is 17.5 Å². The molecule has 2 aliphatic carbocycles. The maximum absolute atomic E-state index is 12.7. The van der Waals surface area contributed by atoms with Gasteiger partial charge in [0.05, 0.1) is 17.3 Å². The number of nitrogens with zero attached hydrogens (tertiary/aromatic N) is 2. The minimum absolute atomic E-state index is 0.191. The molecule has 32 heavy (non-hydrogen) atoms. The van der Waals surface area contributed by atoms with E-state index in [1.54, 1.807) is 5.48 Å². The summed E-state index contributed by atoms with van der Waals surface area (Å²) in [5, 5.41) is 11.9. The van der Waals surface area contributed by atoms with Crippen molar-refractivity contribution in [3.63, 3.8) is 0 Å². The monoisotopic (exact) mass is 432 g/mol. The molecule has 2 saturated carbocycles. The van der Waals surface area contributed by atoms with E-state index >= 15 is 0 Å². The van der Waals surface area contributed by atoms with E-state index in [1.807, 2.05) is 42.5 Å². The minimum atomic E-state index is -0.432. The molecule has 2 fully saturated rings. The highest BCUT2D eigenvalue weighted by molar-refractivity contribution is 5.95. The number of benzene rings is 1. The molecule has 0 unspecified atom stereocenters. The molecule has 0 saturated heterocycles. The molecule has 0 radical (unpaired) electrons. The molecule has 2 aliphatic rings. The molecular weight excluding hydrogens is 404 g/mol. The lowest BCUT2D eigenvalue weighted by Gasteiger charge is -2.24. The van der Waals surface area contributed by atoms with Gasteiger partial charge in [-0.3, -0.25) is 14.8 Å². The minimum Gasteiger partial charge on any atom is -0.349 e. The second-order valence-electron chi connectivity index (χ2n) is 8.97. The van der Waals surface area contributed by atoms with Crippen molar-refractivity contribution in [1.82, 2.24) is 20.2 Å². The Morgan fingerprint density at radius 2 is 1.81 bits per heavy atom. The van der Waals surface area contributed by atoms with Gasteiger partial charge in [0.25, 0.3) is 5.91 Å². The molecule has 2 atom stereocenters. The topological polar surface area (TPSA) is 95.7 Å². The molecule has 7 nitrogen and oxygen atoms in total. The van der Waals surface area contributed by atoms with Crippen LogP contribution in [0.2, 0.25) is 0 Å². The van der Waals surface area contributed by atoms with Gasteiger partial charge in [-0.05, 0) is 55.5 Å². The number of hydroxylamine groups is 1. The summed E-state index contributed by atoms with van der Waals surface area (Å²) in [5.41, 5.74) is 6.84. The largest absolute Gasteiger partial charge is 0.349 e. The summed E-state index contributed by atoms with van der Waals surface area (Å²) in [6.07, 6.45) is 8.76. The van der Waals surface area contributed by atoms with E-state index in [9.17, 15) is 9.59 Å². The first-order valence-corrected chi connectivity index (χ1v) is 11.4. The van der Waals surface area contributed by atoms with Gasteiger partial charge in [0.2, 0.25) is 5.91 Å². The van der Waals surface area contributed by atoms with E-state index in [0.29, 0.717) is 17.9 Å².